The van der Waals surface area contributed by atoms with Crippen LogP contribution in [-0.4, -0.2) is 36.9 Å². The Hall–Kier alpha value is -1.47. The predicted octanol–water partition coefficient (Wildman–Crippen LogP) is 1.62. The van der Waals surface area contributed by atoms with Crippen LogP contribution in [-0.2, 0) is 14.8 Å². The molecule has 1 rings (SSSR count). The van der Waals surface area contributed by atoms with Gasteiger partial charge in [0, 0.05) is 13.1 Å². The van der Waals surface area contributed by atoms with E-state index in [4.69, 9.17) is 5.11 Å². The molecule has 7 heteroatoms. The van der Waals surface area contributed by atoms with Gasteiger partial charge >= 0.3 is 5.97 Å². The van der Waals surface area contributed by atoms with Gasteiger partial charge < -0.3 is 5.11 Å². The van der Waals surface area contributed by atoms with Gasteiger partial charge in [0.2, 0.25) is 10.0 Å². The van der Waals surface area contributed by atoms with Gasteiger partial charge in [-0.1, -0.05) is 13.0 Å². The second kappa shape index (κ2) is 6.12. The molecule has 0 atom stereocenters. The van der Waals surface area contributed by atoms with Crippen molar-refractivity contribution >= 4 is 16.0 Å². The van der Waals surface area contributed by atoms with E-state index in [0.29, 0.717) is 5.56 Å². The fraction of sp³-hybridized carbons (Fsp3) is 0.417. The summed E-state index contributed by atoms with van der Waals surface area (Å²) in [6.07, 6.45) is -0.290. The van der Waals surface area contributed by atoms with Crippen LogP contribution in [0.25, 0.3) is 0 Å². The third-order valence-corrected chi connectivity index (χ3v) is 4.68. The van der Waals surface area contributed by atoms with Gasteiger partial charge in [0.15, 0.2) is 0 Å². The van der Waals surface area contributed by atoms with Crippen molar-refractivity contribution in [1.82, 2.24) is 4.31 Å². The van der Waals surface area contributed by atoms with Crippen LogP contribution in [0, 0.1) is 12.7 Å². The topological polar surface area (TPSA) is 74.7 Å². The van der Waals surface area contributed by atoms with E-state index in [0.717, 1.165) is 10.4 Å². The molecule has 0 heterocycles. The smallest absolute Gasteiger partial charge is 0.304 e. The van der Waals surface area contributed by atoms with Crippen LogP contribution >= 0.6 is 0 Å². The second-order valence-corrected chi connectivity index (χ2v) is 5.99. The number of carboxylic acid groups (broad SMARTS) is 1. The molecule has 0 amide bonds. The van der Waals surface area contributed by atoms with E-state index in [9.17, 15) is 17.6 Å². The summed E-state index contributed by atoms with van der Waals surface area (Å²) in [6, 6.07) is 3.65. The number of sulfonamides is 1. The van der Waals surface area contributed by atoms with Crippen LogP contribution in [0.3, 0.4) is 0 Å². The van der Waals surface area contributed by atoms with Crippen molar-refractivity contribution in [1.29, 1.82) is 0 Å². The number of nitrogens with zero attached hydrogens (tertiary/aromatic N) is 1. The zero-order valence-electron chi connectivity index (χ0n) is 10.8. The molecule has 0 unspecified atom stereocenters. The van der Waals surface area contributed by atoms with Gasteiger partial charge in [-0.05, 0) is 24.6 Å². The first-order valence-corrected chi connectivity index (χ1v) is 7.21. The summed E-state index contributed by atoms with van der Waals surface area (Å²) in [5, 5.41) is 8.59. The van der Waals surface area contributed by atoms with E-state index >= 15 is 0 Å². The number of hydrogen-bond acceptors (Lipinski definition) is 3. The number of halogens is 1. The largest absolute Gasteiger partial charge is 0.481 e. The molecule has 0 bridgehead atoms. The summed E-state index contributed by atoms with van der Waals surface area (Å²) in [6.45, 7) is 3.13. The summed E-state index contributed by atoms with van der Waals surface area (Å²) in [5.74, 6) is -1.68. The van der Waals surface area contributed by atoms with Gasteiger partial charge in [0.05, 0.1) is 11.3 Å². The van der Waals surface area contributed by atoms with Crippen molar-refractivity contribution < 1.29 is 22.7 Å². The maximum Gasteiger partial charge on any atom is 0.304 e. The van der Waals surface area contributed by atoms with Crippen LogP contribution in [0.4, 0.5) is 4.39 Å². The molecule has 0 spiro atoms. The van der Waals surface area contributed by atoms with Crippen molar-refractivity contribution in [2.75, 3.05) is 13.1 Å². The van der Waals surface area contributed by atoms with Crippen LogP contribution in [0.5, 0.6) is 0 Å². The average molecular weight is 289 g/mol. The zero-order valence-corrected chi connectivity index (χ0v) is 11.6. The maximum atomic E-state index is 13.4. The molecule has 5 nitrogen and oxygen atoms in total. The van der Waals surface area contributed by atoms with Gasteiger partial charge in [-0.25, -0.2) is 12.8 Å². The molecule has 1 aromatic rings. The molecule has 0 aliphatic carbocycles. The van der Waals surface area contributed by atoms with Gasteiger partial charge in [0.1, 0.15) is 5.82 Å². The molecular formula is C12H16FNO4S. The number of hydrogen-bond donors (Lipinski definition) is 1. The van der Waals surface area contributed by atoms with E-state index in [2.05, 4.69) is 0 Å². The van der Waals surface area contributed by atoms with Crippen molar-refractivity contribution in [3.8, 4) is 0 Å². The van der Waals surface area contributed by atoms with Crippen LogP contribution in [0.2, 0.25) is 0 Å². The molecule has 0 aromatic heterocycles. The summed E-state index contributed by atoms with van der Waals surface area (Å²) in [5.41, 5.74) is 0.354. The maximum absolute atomic E-state index is 13.4. The van der Waals surface area contributed by atoms with E-state index in [1.165, 1.54) is 19.1 Å². The first kappa shape index (κ1) is 15.6. The first-order chi connectivity index (χ1) is 8.78. The summed E-state index contributed by atoms with van der Waals surface area (Å²) in [4.78, 5) is 10.3. The lowest BCUT2D eigenvalue weighted by Crippen LogP contribution is -2.33. The molecular weight excluding hydrogens is 273 g/mol. The number of benzene rings is 1. The van der Waals surface area contributed by atoms with Crippen LogP contribution in [0.1, 0.15) is 18.9 Å². The van der Waals surface area contributed by atoms with Crippen LogP contribution in [0.15, 0.2) is 23.1 Å². The zero-order chi connectivity index (χ0) is 14.6. The van der Waals surface area contributed by atoms with E-state index in [1.54, 1.807) is 6.92 Å². The third kappa shape index (κ3) is 3.74. The minimum atomic E-state index is -3.86. The lowest BCUT2D eigenvalue weighted by molar-refractivity contribution is -0.137. The van der Waals surface area contributed by atoms with Gasteiger partial charge in [0.25, 0.3) is 0 Å². The number of aryl methyl sites for hydroxylation is 1. The lowest BCUT2D eigenvalue weighted by atomic mass is 10.2. The fourth-order valence-electron chi connectivity index (χ4n) is 1.55. The number of rotatable bonds is 6. The Morgan fingerprint density at radius 1 is 1.42 bits per heavy atom. The van der Waals surface area contributed by atoms with Crippen molar-refractivity contribution in [2.24, 2.45) is 0 Å². The van der Waals surface area contributed by atoms with Gasteiger partial charge in [-0.3, -0.25) is 4.79 Å². The molecule has 0 aliphatic heterocycles. The lowest BCUT2D eigenvalue weighted by Gasteiger charge is -2.19. The molecule has 0 saturated heterocycles. The predicted molar refractivity (Wildman–Crippen MR) is 67.8 cm³/mol. The molecule has 19 heavy (non-hydrogen) atoms. The fourth-order valence-corrected chi connectivity index (χ4v) is 3.01. The highest BCUT2D eigenvalue weighted by atomic mass is 32.2. The minimum Gasteiger partial charge on any atom is -0.481 e. The molecule has 0 saturated carbocycles. The summed E-state index contributed by atoms with van der Waals surface area (Å²) >= 11 is 0. The minimum absolute atomic E-state index is 0.130. The summed E-state index contributed by atoms with van der Waals surface area (Å²) < 4.78 is 38.8. The second-order valence-electron chi connectivity index (χ2n) is 4.05. The van der Waals surface area contributed by atoms with E-state index < -0.39 is 21.8 Å². The van der Waals surface area contributed by atoms with Crippen molar-refractivity contribution in [2.45, 2.75) is 25.2 Å². The Bertz CT molecular complexity index is 571. The highest BCUT2D eigenvalue weighted by molar-refractivity contribution is 7.89. The highest BCUT2D eigenvalue weighted by Gasteiger charge is 2.24. The standard InChI is InChI=1S/C12H16FNO4S/c1-3-14(7-6-12(15)16)19(17,18)10-5-4-9(2)11(13)8-10/h4-5,8H,3,6-7H2,1-2H3,(H,15,16). The monoisotopic (exact) mass is 289 g/mol. The Balaban J connectivity index is 3.06. The normalized spacial score (nSPS) is 11.8. The quantitative estimate of drug-likeness (QED) is 0.863. The third-order valence-electron chi connectivity index (χ3n) is 2.71. The molecule has 0 radical (unpaired) electrons. The van der Waals surface area contributed by atoms with Crippen molar-refractivity contribution in [3.05, 3.63) is 29.6 Å². The number of carboxylic acids is 1. The van der Waals surface area contributed by atoms with E-state index in [-0.39, 0.29) is 24.4 Å². The number of carbonyl (C=O) groups is 1. The Morgan fingerprint density at radius 3 is 2.53 bits per heavy atom. The molecule has 0 aliphatic rings. The Labute approximate surface area is 111 Å². The average Bonchev–Trinajstić information content (AvgIpc) is 2.32. The molecule has 1 aromatic carbocycles. The van der Waals surface area contributed by atoms with Crippen molar-refractivity contribution in [3.63, 3.8) is 0 Å². The van der Waals surface area contributed by atoms with Gasteiger partial charge in [-0.15, -0.1) is 0 Å². The SMILES string of the molecule is CCN(CCC(=O)O)S(=O)(=O)c1ccc(C)c(F)c1. The molecule has 1 N–H and O–H groups in total. The Kier molecular flexibility index (Phi) is 5.02. The number of aliphatic carboxylic acids is 1. The molecule has 106 valence electrons. The summed E-state index contributed by atoms with van der Waals surface area (Å²) in [7, 11) is -3.86. The first-order valence-electron chi connectivity index (χ1n) is 5.77. The highest BCUT2D eigenvalue weighted by Crippen LogP contribution is 2.18. The van der Waals surface area contributed by atoms with Crippen LogP contribution < -0.4 is 0 Å². The molecule has 0 fully saturated rings. The van der Waals surface area contributed by atoms with E-state index in [1.807, 2.05) is 0 Å². The Morgan fingerprint density at radius 2 is 2.05 bits per heavy atom. The van der Waals surface area contributed by atoms with Gasteiger partial charge in [-0.2, -0.15) is 4.31 Å².